The minimum Gasteiger partial charge on any atom is -0.466 e. The molecule has 1 aromatic rings. The molecule has 0 saturated carbocycles. The van der Waals surface area contributed by atoms with Gasteiger partial charge in [0.2, 0.25) is 0 Å². The molecule has 0 fully saturated rings. The molecule has 0 aromatic carbocycles. The van der Waals surface area contributed by atoms with E-state index in [1.54, 1.807) is 6.92 Å². The monoisotopic (exact) mass is 248 g/mol. The van der Waals surface area contributed by atoms with Crippen LogP contribution in [0.4, 0.5) is 19.0 Å². The Morgan fingerprint density at radius 3 is 2.65 bits per heavy atom. The number of anilines is 1. The van der Waals surface area contributed by atoms with Crippen molar-refractivity contribution in [3.05, 3.63) is 23.4 Å². The quantitative estimate of drug-likeness (QED) is 0.828. The standard InChI is InChI=1S/C10H11F3N2O2/c1-2-17-9(16)5-7-6(10(11,12)13)3-4-8(14)15-7/h3-4H,2,5H2,1H3,(H2,14,15). The van der Waals surface area contributed by atoms with Gasteiger partial charge in [0.1, 0.15) is 5.82 Å². The van der Waals surface area contributed by atoms with Gasteiger partial charge in [0.05, 0.1) is 24.3 Å². The summed E-state index contributed by atoms with van der Waals surface area (Å²) in [6.45, 7) is 1.66. The van der Waals surface area contributed by atoms with Gasteiger partial charge in [-0.15, -0.1) is 0 Å². The Hall–Kier alpha value is -1.79. The number of carbonyl (C=O) groups excluding carboxylic acids is 1. The van der Waals surface area contributed by atoms with Crippen LogP contribution in [0.5, 0.6) is 0 Å². The molecular formula is C10H11F3N2O2. The molecule has 1 heterocycles. The third kappa shape index (κ3) is 3.61. The minimum atomic E-state index is -4.57. The zero-order chi connectivity index (χ0) is 13.1. The van der Waals surface area contributed by atoms with Crippen LogP contribution in [0.3, 0.4) is 0 Å². The van der Waals surface area contributed by atoms with Gasteiger partial charge in [0, 0.05) is 0 Å². The summed E-state index contributed by atoms with van der Waals surface area (Å²) in [6.07, 6.45) is -5.11. The Bertz CT molecular complexity index is 419. The molecule has 0 unspecified atom stereocenters. The van der Waals surface area contributed by atoms with Gasteiger partial charge in [-0.1, -0.05) is 0 Å². The number of nitrogen functional groups attached to an aromatic ring is 1. The first-order valence-electron chi connectivity index (χ1n) is 4.82. The second-order valence-electron chi connectivity index (χ2n) is 3.21. The van der Waals surface area contributed by atoms with E-state index < -0.39 is 29.8 Å². The van der Waals surface area contributed by atoms with Crippen molar-refractivity contribution < 1.29 is 22.7 Å². The van der Waals surface area contributed by atoms with Crippen molar-refractivity contribution in [3.8, 4) is 0 Å². The van der Waals surface area contributed by atoms with Crippen molar-refractivity contribution in [3.63, 3.8) is 0 Å². The molecule has 0 saturated heterocycles. The third-order valence-corrected chi connectivity index (χ3v) is 1.92. The van der Waals surface area contributed by atoms with Crippen molar-refractivity contribution in [1.82, 2.24) is 4.98 Å². The van der Waals surface area contributed by atoms with E-state index in [9.17, 15) is 18.0 Å². The smallest absolute Gasteiger partial charge is 0.418 e. The van der Waals surface area contributed by atoms with Crippen LogP contribution in [0.15, 0.2) is 12.1 Å². The molecule has 17 heavy (non-hydrogen) atoms. The van der Waals surface area contributed by atoms with Gasteiger partial charge in [-0.25, -0.2) is 4.98 Å². The molecular weight excluding hydrogens is 237 g/mol. The molecule has 0 aliphatic heterocycles. The topological polar surface area (TPSA) is 65.2 Å². The zero-order valence-electron chi connectivity index (χ0n) is 9.04. The Morgan fingerprint density at radius 2 is 2.12 bits per heavy atom. The maximum Gasteiger partial charge on any atom is 0.418 e. The van der Waals surface area contributed by atoms with Gasteiger partial charge in [-0.05, 0) is 19.1 Å². The first kappa shape index (κ1) is 13.3. The lowest BCUT2D eigenvalue weighted by Crippen LogP contribution is -2.16. The summed E-state index contributed by atoms with van der Waals surface area (Å²) in [5.41, 5.74) is 3.90. The predicted molar refractivity (Wildman–Crippen MR) is 54.0 cm³/mol. The molecule has 0 aliphatic carbocycles. The number of nitrogens with zero attached hydrogens (tertiary/aromatic N) is 1. The van der Waals surface area contributed by atoms with Crippen LogP contribution in [-0.4, -0.2) is 17.6 Å². The molecule has 0 bridgehead atoms. The van der Waals surface area contributed by atoms with Crippen LogP contribution in [0, 0.1) is 0 Å². The number of hydrogen-bond acceptors (Lipinski definition) is 4. The van der Waals surface area contributed by atoms with E-state index >= 15 is 0 Å². The summed E-state index contributed by atoms with van der Waals surface area (Å²) in [4.78, 5) is 14.7. The summed E-state index contributed by atoms with van der Waals surface area (Å²) >= 11 is 0. The van der Waals surface area contributed by atoms with Gasteiger partial charge in [0.25, 0.3) is 0 Å². The highest BCUT2D eigenvalue weighted by atomic mass is 19.4. The molecule has 94 valence electrons. The third-order valence-electron chi connectivity index (χ3n) is 1.92. The molecule has 7 heteroatoms. The number of halogens is 3. The van der Waals surface area contributed by atoms with Crippen molar-refractivity contribution in [1.29, 1.82) is 0 Å². The Kier molecular flexibility index (Phi) is 3.93. The van der Waals surface area contributed by atoms with E-state index in [-0.39, 0.29) is 12.4 Å². The Labute approximate surface area is 95.6 Å². The van der Waals surface area contributed by atoms with Crippen LogP contribution in [0.2, 0.25) is 0 Å². The molecule has 1 aromatic heterocycles. The molecule has 0 atom stereocenters. The summed E-state index contributed by atoms with van der Waals surface area (Å²) in [6, 6.07) is 1.84. The minimum absolute atomic E-state index is 0.0719. The summed E-state index contributed by atoms with van der Waals surface area (Å²) in [5, 5.41) is 0. The molecule has 4 nitrogen and oxygen atoms in total. The van der Waals surface area contributed by atoms with E-state index in [4.69, 9.17) is 5.73 Å². The fourth-order valence-corrected chi connectivity index (χ4v) is 1.26. The second kappa shape index (κ2) is 5.03. The highest BCUT2D eigenvalue weighted by molar-refractivity contribution is 5.72. The van der Waals surface area contributed by atoms with Crippen molar-refractivity contribution >= 4 is 11.8 Å². The number of pyridine rings is 1. The highest BCUT2D eigenvalue weighted by Crippen LogP contribution is 2.31. The van der Waals surface area contributed by atoms with Crippen LogP contribution in [0.1, 0.15) is 18.2 Å². The number of alkyl halides is 3. The molecule has 2 N–H and O–H groups in total. The SMILES string of the molecule is CCOC(=O)Cc1nc(N)ccc1C(F)(F)F. The van der Waals surface area contributed by atoms with E-state index in [0.29, 0.717) is 0 Å². The molecule has 0 aliphatic rings. The average molecular weight is 248 g/mol. The number of hydrogen-bond donors (Lipinski definition) is 1. The maximum atomic E-state index is 12.6. The normalized spacial score (nSPS) is 11.3. The predicted octanol–water partition coefficient (Wildman–Crippen LogP) is 1.79. The van der Waals surface area contributed by atoms with Crippen LogP contribution in [0.25, 0.3) is 0 Å². The fourth-order valence-electron chi connectivity index (χ4n) is 1.26. The lowest BCUT2D eigenvalue weighted by Gasteiger charge is -2.11. The van der Waals surface area contributed by atoms with Gasteiger partial charge < -0.3 is 10.5 Å². The summed E-state index contributed by atoms with van der Waals surface area (Å²) in [5.74, 6) is -0.839. The van der Waals surface area contributed by atoms with E-state index in [2.05, 4.69) is 9.72 Å². The van der Waals surface area contributed by atoms with E-state index in [1.165, 1.54) is 0 Å². The highest BCUT2D eigenvalue weighted by Gasteiger charge is 2.34. The van der Waals surface area contributed by atoms with Gasteiger partial charge in [-0.3, -0.25) is 4.79 Å². The van der Waals surface area contributed by atoms with Gasteiger partial charge in [-0.2, -0.15) is 13.2 Å². The summed E-state index contributed by atoms with van der Waals surface area (Å²) in [7, 11) is 0. The molecule has 0 spiro atoms. The lowest BCUT2D eigenvalue weighted by atomic mass is 10.1. The van der Waals surface area contributed by atoms with Crippen molar-refractivity contribution in [2.24, 2.45) is 0 Å². The first-order chi connectivity index (χ1) is 7.84. The van der Waals surface area contributed by atoms with Crippen LogP contribution < -0.4 is 5.73 Å². The maximum absolute atomic E-state index is 12.6. The average Bonchev–Trinajstić information content (AvgIpc) is 2.15. The number of nitrogens with two attached hydrogens (primary N) is 1. The van der Waals surface area contributed by atoms with Crippen molar-refractivity contribution in [2.45, 2.75) is 19.5 Å². The molecule has 1 rings (SSSR count). The molecule has 0 amide bonds. The zero-order valence-corrected chi connectivity index (χ0v) is 9.04. The first-order valence-corrected chi connectivity index (χ1v) is 4.82. The summed E-state index contributed by atoms with van der Waals surface area (Å²) < 4.78 is 42.3. The number of rotatable bonds is 3. The molecule has 0 radical (unpaired) electrons. The second-order valence-corrected chi connectivity index (χ2v) is 3.21. The largest absolute Gasteiger partial charge is 0.466 e. The van der Waals surface area contributed by atoms with Gasteiger partial charge in [0.15, 0.2) is 0 Å². The van der Waals surface area contributed by atoms with Crippen molar-refractivity contribution in [2.75, 3.05) is 12.3 Å². The Morgan fingerprint density at radius 1 is 1.47 bits per heavy atom. The number of aromatic nitrogens is 1. The van der Waals surface area contributed by atoms with Crippen LogP contribution >= 0.6 is 0 Å². The number of esters is 1. The van der Waals surface area contributed by atoms with E-state index in [1.807, 2.05) is 0 Å². The van der Waals surface area contributed by atoms with Gasteiger partial charge >= 0.3 is 12.1 Å². The fraction of sp³-hybridized carbons (Fsp3) is 0.400. The van der Waals surface area contributed by atoms with E-state index in [0.717, 1.165) is 12.1 Å². The number of ether oxygens (including phenoxy) is 1. The Balaban J connectivity index is 3.04. The van der Waals surface area contributed by atoms with Crippen LogP contribution in [-0.2, 0) is 22.1 Å². The number of carbonyl (C=O) groups is 1. The lowest BCUT2D eigenvalue weighted by molar-refractivity contribution is -0.143.